The summed E-state index contributed by atoms with van der Waals surface area (Å²) >= 11 is 13.8. The second kappa shape index (κ2) is 12.1. The van der Waals surface area contributed by atoms with Crippen LogP contribution in [0.25, 0.3) is 0 Å². The molecule has 0 saturated heterocycles. The van der Waals surface area contributed by atoms with Gasteiger partial charge in [0.25, 0.3) is 0 Å². The lowest BCUT2D eigenvalue weighted by molar-refractivity contribution is -0.139. The first-order valence-corrected chi connectivity index (χ1v) is 11.5. The molecule has 2 aromatic rings. The van der Waals surface area contributed by atoms with Crippen molar-refractivity contribution in [2.45, 2.75) is 38.6 Å². The standard InChI is InChI=1S/C22H26Cl2N2O2S/c1-3-20(22(28)25-4-2)26(13-17-9-5-6-11-19(17)24)21(27)15-29-14-16-8-7-10-18(23)12-16/h5-12,20H,3-4,13-15H2,1-2H3,(H,25,28). The van der Waals surface area contributed by atoms with Crippen LogP contribution in [0.5, 0.6) is 0 Å². The van der Waals surface area contributed by atoms with E-state index in [4.69, 9.17) is 23.2 Å². The van der Waals surface area contributed by atoms with Gasteiger partial charge in [0.05, 0.1) is 5.75 Å². The molecular weight excluding hydrogens is 427 g/mol. The van der Waals surface area contributed by atoms with Gasteiger partial charge in [-0.25, -0.2) is 0 Å². The molecule has 2 amide bonds. The summed E-state index contributed by atoms with van der Waals surface area (Å²) in [5, 5.41) is 4.10. The van der Waals surface area contributed by atoms with E-state index in [-0.39, 0.29) is 17.6 Å². The van der Waals surface area contributed by atoms with E-state index in [0.717, 1.165) is 11.1 Å². The monoisotopic (exact) mass is 452 g/mol. The molecule has 7 heteroatoms. The van der Waals surface area contributed by atoms with Gasteiger partial charge in [-0.05, 0) is 42.7 Å². The number of halogens is 2. The maximum Gasteiger partial charge on any atom is 0.242 e. The van der Waals surface area contributed by atoms with Crippen molar-refractivity contribution in [3.05, 3.63) is 69.7 Å². The van der Waals surface area contributed by atoms with Crippen molar-refractivity contribution in [1.29, 1.82) is 0 Å². The summed E-state index contributed by atoms with van der Waals surface area (Å²) in [4.78, 5) is 27.3. The minimum atomic E-state index is -0.537. The molecule has 2 rings (SSSR count). The molecule has 0 heterocycles. The van der Waals surface area contributed by atoms with Gasteiger partial charge in [-0.1, -0.05) is 60.5 Å². The van der Waals surface area contributed by atoms with Gasteiger partial charge in [0.2, 0.25) is 11.8 Å². The summed E-state index contributed by atoms with van der Waals surface area (Å²) in [6.07, 6.45) is 0.529. The van der Waals surface area contributed by atoms with E-state index in [2.05, 4.69) is 5.32 Å². The first-order valence-electron chi connectivity index (χ1n) is 9.59. The largest absolute Gasteiger partial charge is 0.355 e. The van der Waals surface area contributed by atoms with E-state index in [9.17, 15) is 9.59 Å². The zero-order chi connectivity index (χ0) is 21.2. The van der Waals surface area contributed by atoms with Crippen molar-refractivity contribution >= 4 is 46.8 Å². The zero-order valence-corrected chi connectivity index (χ0v) is 19.0. The quantitative estimate of drug-likeness (QED) is 0.540. The van der Waals surface area contributed by atoms with Crippen molar-refractivity contribution in [2.24, 2.45) is 0 Å². The number of thioether (sulfide) groups is 1. The van der Waals surface area contributed by atoms with Gasteiger partial charge in [-0.15, -0.1) is 11.8 Å². The van der Waals surface area contributed by atoms with Crippen molar-refractivity contribution < 1.29 is 9.59 Å². The molecule has 156 valence electrons. The molecule has 0 aliphatic heterocycles. The SMILES string of the molecule is CCNC(=O)C(CC)N(Cc1ccccc1Cl)C(=O)CSCc1cccc(Cl)c1. The summed E-state index contributed by atoms with van der Waals surface area (Å²) in [6, 6.07) is 14.5. The van der Waals surface area contributed by atoms with Crippen LogP contribution in [-0.2, 0) is 21.9 Å². The maximum absolute atomic E-state index is 13.1. The molecule has 0 bridgehead atoms. The van der Waals surface area contributed by atoms with E-state index < -0.39 is 6.04 Å². The molecule has 1 atom stereocenters. The molecule has 0 radical (unpaired) electrons. The second-order valence-electron chi connectivity index (χ2n) is 6.55. The number of amides is 2. The van der Waals surface area contributed by atoms with Gasteiger partial charge < -0.3 is 10.2 Å². The van der Waals surface area contributed by atoms with Gasteiger partial charge in [0.15, 0.2) is 0 Å². The van der Waals surface area contributed by atoms with Crippen molar-refractivity contribution in [2.75, 3.05) is 12.3 Å². The third-order valence-corrected chi connectivity index (χ3v) is 6.01. The minimum Gasteiger partial charge on any atom is -0.355 e. The summed E-state index contributed by atoms with van der Waals surface area (Å²) in [6.45, 7) is 4.59. The van der Waals surface area contributed by atoms with Crippen LogP contribution in [0, 0.1) is 0 Å². The summed E-state index contributed by atoms with van der Waals surface area (Å²) < 4.78 is 0. The van der Waals surface area contributed by atoms with E-state index >= 15 is 0 Å². The summed E-state index contributed by atoms with van der Waals surface area (Å²) in [5.41, 5.74) is 1.88. The van der Waals surface area contributed by atoms with E-state index in [1.165, 1.54) is 11.8 Å². The summed E-state index contributed by atoms with van der Waals surface area (Å²) in [7, 11) is 0. The smallest absolute Gasteiger partial charge is 0.242 e. The first kappa shape index (κ1) is 23.6. The van der Waals surface area contributed by atoms with Gasteiger partial charge in [-0.2, -0.15) is 0 Å². The topological polar surface area (TPSA) is 49.4 Å². The fourth-order valence-electron chi connectivity index (χ4n) is 2.99. The summed E-state index contributed by atoms with van der Waals surface area (Å²) in [5.74, 6) is 0.710. The number of carbonyl (C=O) groups is 2. The molecule has 0 spiro atoms. The highest BCUT2D eigenvalue weighted by Gasteiger charge is 2.28. The predicted molar refractivity (Wildman–Crippen MR) is 122 cm³/mol. The zero-order valence-electron chi connectivity index (χ0n) is 16.7. The van der Waals surface area contributed by atoms with Crippen LogP contribution in [0.15, 0.2) is 48.5 Å². The minimum absolute atomic E-state index is 0.0879. The molecule has 0 aromatic heterocycles. The number of likely N-dealkylation sites (N-methyl/N-ethyl adjacent to an activating group) is 1. The molecule has 0 aliphatic rings. The predicted octanol–water partition coefficient (Wildman–Crippen LogP) is 5.17. The number of nitrogens with one attached hydrogen (secondary N) is 1. The number of benzene rings is 2. The number of carbonyl (C=O) groups excluding carboxylic acids is 2. The number of hydrogen-bond acceptors (Lipinski definition) is 3. The van der Waals surface area contributed by atoms with Crippen molar-refractivity contribution in [1.82, 2.24) is 10.2 Å². The Bertz CT molecular complexity index is 832. The first-order chi connectivity index (χ1) is 14.0. The molecule has 4 nitrogen and oxygen atoms in total. The molecule has 29 heavy (non-hydrogen) atoms. The molecule has 0 saturated carbocycles. The highest BCUT2D eigenvalue weighted by molar-refractivity contribution is 7.99. The van der Waals surface area contributed by atoms with Crippen LogP contribution in [-0.4, -0.2) is 35.1 Å². The molecular formula is C22H26Cl2N2O2S. The third kappa shape index (κ3) is 7.25. The lowest BCUT2D eigenvalue weighted by Gasteiger charge is -2.30. The van der Waals surface area contributed by atoms with Gasteiger partial charge in [0, 0.05) is 28.9 Å². The molecule has 2 aromatic carbocycles. The average Bonchev–Trinajstić information content (AvgIpc) is 2.69. The van der Waals surface area contributed by atoms with Crippen LogP contribution < -0.4 is 5.32 Å². The Morgan fingerprint density at radius 1 is 1.10 bits per heavy atom. The number of hydrogen-bond donors (Lipinski definition) is 1. The average molecular weight is 453 g/mol. The van der Waals surface area contributed by atoms with Crippen LogP contribution in [0.3, 0.4) is 0 Å². The molecule has 1 unspecified atom stereocenters. The Morgan fingerprint density at radius 3 is 2.52 bits per heavy atom. The van der Waals surface area contributed by atoms with Gasteiger partial charge in [0.1, 0.15) is 6.04 Å². The second-order valence-corrected chi connectivity index (χ2v) is 8.38. The van der Waals surface area contributed by atoms with Crippen LogP contribution >= 0.6 is 35.0 Å². The molecule has 0 aliphatic carbocycles. The number of rotatable bonds is 10. The molecule has 0 fully saturated rings. The highest BCUT2D eigenvalue weighted by atomic mass is 35.5. The Kier molecular flexibility index (Phi) is 9.85. The third-order valence-electron chi connectivity index (χ3n) is 4.42. The van der Waals surface area contributed by atoms with Gasteiger partial charge in [-0.3, -0.25) is 9.59 Å². The Morgan fingerprint density at radius 2 is 1.86 bits per heavy atom. The number of nitrogens with zero attached hydrogens (tertiary/aromatic N) is 1. The Hall–Kier alpha value is -1.69. The van der Waals surface area contributed by atoms with E-state index in [1.54, 1.807) is 11.0 Å². The Balaban J connectivity index is 2.12. The highest BCUT2D eigenvalue weighted by Crippen LogP contribution is 2.22. The maximum atomic E-state index is 13.1. The van der Waals surface area contributed by atoms with Crippen LogP contribution in [0.4, 0.5) is 0 Å². The van der Waals surface area contributed by atoms with E-state index in [0.29, 0.717) is 35.3 Å². The molecule has 1 N–H and O–H groups in total. The fourth-order valence-corrected chi connectivity index (χ4v) is 4.25. The van der Waals surface area contributed by atoms with E-state index in [1.807, 2.05) is 56.3 Å². The van der Waals surface area contributed by atoms with Crippen molar-refractivity contribution in [3.8, 4) is 0 Å². The fraction of sp³-hybridized carbons (Fsp3) is 0.364. The lowest BCUT2D eigenvalue weighted by atomic mass is 10.1. The lowest BCUT2D eigenvalue weighted by Crippen LogP contribution is -2.49. The van der Waals surface area contributed by atoms with Crippen molar-refractivity contribution in [3.63, 3.8) is 0 Å². The normalized spacial score (nSPS) is 11.7. The van der Waals surface area contributed by atoms with Crippen LogP contribution in [0.2, 0.25) is 10.0 Å². The van der Waals surface area contributed by atoms with Gasteiger partial charge >= 0.3 is 0 Å². The van der Waals surface area contributed by atoms with Crippen LogP contribution in [0.1, 0.15) is 31.4 Å². The Labute approximate surface area is 187 Å².